The normalized spacial score (nSPS) is 16.5. The van der Waals surface area contributed by atoms with Gasteiger partial charge in [-0.15, -0.1) is 0 Å². The largest absolute Gasteiger partial charge is 0.373 e. The Morgan fingerprint density at radius 1 is 1.27 bits per heavy atom. The quantitative estimate of drug-likeness (QED) is 0.707. The molecule has 1 atom stereocenters. The van der Waals surface area contributed by atoms with Gasteiger partial charge in [0.1, 0.15) is 18.0 Å². The number of hydrogen-bond acceptors (Lipinski definition) is 6. The minimum atomic E-state index is -0.0525. The highest BCUT2D eigenvalue weighted by atomic mass is 16.1. The molecule has 1 aromatic carbocycles. The molecule has 2 aromatic rings. The number of carbonyl (C=O) groups excluding carboxylic acids is 1. The second-order valence-electron chi connectivity index (χ2n) is 6.51. The second kappa shape index (κ2) is 8.62. The van der Waals surface area contributed by atoms with Crippen LogP contribution in [0.2, 0.25) is 0 Å². The van der Waals surface area contributed by atoms with E-state index in [9.17, 15) is 4.79 Å². The molecule has 26 heavy (non-hydrogen) atoms. The van der Waals surface area contributed by atoms with E-state index in [2.05, 4.69) is 30.8 Å². The van der Waals surface area contributed by atoms with Gasteiger partial charge in [-0.1, -0.05) is 12.1 Å². The third kappa shape index (κ3) is 4.70. The van der Waals surface area contributed by atoms with Crippen molar-refractivity contribution in [2.24, 2.45) is 0 Å². The summed E-state index contributed by atoms with van der Waals surface area (Å²) < 4.78 is 0. The number of hydrogen-bond donors (Lipinski definition) is 3. The Hall–Kier alpha value is -2.67. The van der Waals surface area contributed by atoms with Crippen LogP contribution in [0.25, 0.3) is 0 Å². The lowest BCUT2D eigenvalue weighted by atomic mass is 10.2. The van der Waals surface area contributed by atoms with Crippen LogP contribution >= 0.6 is 0 Å². The first-order valence-electron chi connectivity index (χ1n) is 8.99. The summed E-state index contributed by atoms with van der Waals surface area (Å²) in [5.41, 5.74) is 2.02. The van der Waals surface area contributed by atoms with Gasteiger partial charge < -0.3 is 20.9 Å². The number of aromatic nitrogens is 2. The van der Waals surface area contributed by atoms with Crippen LogP contribution in [-0.4, -0.2) is 42.1 Å². The summed E-state index contributed by atoms with van der Waals surface area (Å²) in [6.45, 7) is 4.25. The SMILES string of the molecule is CNc1cc(N2CCCC2CNCc2ccc(NC(C)=O)cc2)ncn1. The predicted octanol–water partition coefficient (Wildman–Crippen LogP) is 2.24. The molecule has 1 aliphatic heterocycles. The van der Waals surface area contributed by atoms with Crippen molar-refractivity contribution >= 4 is 23.2 Å². The first kappa shape index (κ1) is 18.1. The van der Waals surface area contributed by atoms with Crippen LogP contribution < -0.4 is 20.9 Å². The molecule has 0 bridgehead atoms. The maximum atomic E-state index is 11.1. The molecule has 0 aliphatic carbocycles. The van der Waals surface area contributed by atoms with Crippen molar-refractivity contribution < 1.29 is 4.79 Å². The lowest BCUT2D eigenvalue weighted by Crippen LogP contribution is -2.38. The van der Waals surface area contributed by atoms with Crippen LogP contribution in [0.4, 0.5) is 17.3 Å². The maximum Gasteiger partial charge on any atom is 0.221 e. The molecular weight excluding hydrogens is 328 g/mol. The number of rotatable bonds is 7. The molecule has 7 nitrogen and oxygen atoms in total. The van der Waals surface area contributed by atoms with Crippen LogP contribution in [0.15, 0.2) is 36.7 Å². The first-order chi connectivity index (χ1) is 12.7. The number of nitrogens with zero attached hydrogens (tertiary/aromatic N) is 3. The zero-order valence-electron chi connectivity index (χ0n) is 15.3. The average Bonchev–Trinajstić information content (AvgIpc) is 3.11. The van der Waals surface area contributed by atoms with E-state index in [-0.39, 0.29) is 5.91 Å². The molecule has 1 amide bonds. The summed E-state index contributed by atoms with van der Waals surface area (Å²) in [5, 5.41) is 9.39. The summed E-state index contributed by atoms with van der Waals surface area (Å²) in [6, 6.07) is 10.4. The Bertz CT molecular complexity index is 733. The Morgan fingerprint density at radius 2 is 2.08 bits per heavy atom. The standard InChI is InChI=1S/C19H26N6O/c1-14(26)24-16-7-5-15(6-8-16)11-21-12-17-4-3-9-25(17)19-10-18(20-2)22-13-23-19/h5-8,10,13,17,21H,3-4,9,11-12H2,1-2H3,(H,24,26)(H,20,22,23). The third-order valence-electron chi connectivity index (χ3n) is 4.56. The zero-order valence-corrected chi connectivity index (χ0v) is 15.3. The van der Waals surface area contributed by atoms with Crippen molar-refractivity contribution in [2.75, 3.05) is 35.7 Å². The van der Waals surface area contributed by atoms with E-state index < -0.39 is 0 Å². The highest BCUT2D eigenvalue weighted by Gasteiger charge is 2.25. The van der Waals surface area contributed by atoms with Crippen molar-refractivity contribution in [1.82, 2.24) is 15.3 Å². The molecule has 1 fully saturated rings. The van der Waals surface area contributed by atoms with E-state index >= 15 is 0 Å². The Kier molecular flexibility index (Phi) is 6.01. The van der Waals surface area contributed by atoms with E-state index in [0.29, 0.717) is 6.04 Å². The molecule has 0 radical (unpaired) electrons. The fraction of sp³-hybridized carbons (Fsp3) is 0.421. The first-order valence-corrected chi connectivity index (χ1v) is 8.99. The Balaban J connectivity index is 1.53. The fourth-order valence-electron chi connectivity index (χ4n) is 3.28. The third-order valence-corrected chi connectivity index (χ3v) is 4.56. The molecule has 1 unspecified atom stereocenters. The van der Waals surface area contributed by atoms with Gasteiger partial charge in [-0.25, -0.2) is 9.97 Å². The van der Waals surface area contributed by atoms with Crippen molar-refractivity contribution in [3.8, 4) is 0 Å². The lowest BCUT2D eigenvalue weighted by molar-refractivity contribution is -0.114. The highest BCUT2D eigenvalue weighted by Crippen LogP contribution is 2.24. The van der Waals surface area contributed by atoms with Gasteiger partial charge in [0.25, 0.3) is 0 Å². The second-order valence-corrected chi connectivity index (χ2v) is 6.51. The van der Waals surface area contributed by atoms with Crippen molar-refractivity contribution in [1.29, 1.82) is 0 Å². The number of benzene rings is 1. The van der Waals surface area contributed by atoms with Crippen molar-refractivity contribution in [3.05, 3.63) is 42.2 Å². The van der Waals surface area contributed by atoms with E-state index in [1.54, 1.807) is 6.33 Å². The van der Waals surface area contributed by atoms with Crippen molar-refractivity contribution in [3.63, 3.8) is 0 Å². The van der Waals surface area contributed by atoms with E-state index in [4.69, 9.17) is 0 Å². The molecule has 0 saturated carbocycles. The molecule has 7 heteroatoms. The minimum Gasteiger partial charge on any atom is -0.373 e. The van der Waals surface area contributed by atoms with Crippen molar-refractivity contribution in [2.45, 2.75) is 32.4 Å². The van der Waals surface area contributed by atoms with Crippen LogP contribution in [0.3, 0.4) is 0 Å². The molecule has 3 N–H and O–H groups in total. The average molecular weight is 354 g/mol. The molecule has 1 saturated heterocycles. The molecule has 2 heterocycles. The monoisotopic (exact) mass is 354 g/mol. The highest BCUT2D eigenvalue weighted by molar-refractivity contribution is 5.88. The molecule has 1 aromatic heterocycles. The van der Waals surface area contributed by atoms with Gasteiger partial charge in [0, 0.05) is 51.4 Å². The number of carbonyl (C=O) groups is 1. The predicted molar refractivity (Wildman–Crippen MR) is 104 cm³/mol. The fourth-order valence-corrected chi connectivity index (χ4v) is 3.28. The molecule has 138 valence electrons. The van der Waals surface area contributed by atoms with E-state index in [1.807, 2.05) is 37.4 Å². The smallest absolute Gasteiger partial charge is 0.221 e. The van der Waals surface area contributed by atoms with Crippen LogP contribution in [0.1, 0.15) is 25.3 Å². The van der Waals surface area contributed by atoms with Gasteiger partial charge in [-0.05, 0) is 30.5 Å². The van der Waals surface area contributed by atoms with Gasteiger partial charge in [0.2, 0.25) is 5.91 Å². The summed E-state index contributed by atoms with van der Waals surface area (Å²) in [6.07, 6.45) is 3.95. The van der Waals surface area contributed by atoms with Crippen LogP contribution in [-0.2, 0) is 11.3 Å². The molecule has 3 rings (SSSR count). The number of nitrogens with one attached hydrogen (secondary N) is 3. The summed E-state index contributed by atoms with van der Waals surface area (Å²) in [4.78, 5) is 22.0. The van der Waals surface area contributed by atoms with Gasteiger partial charge in [0.05, 0.1) is 0 Å². The summed E-state index contributed by atoms with van der Waals surface area (Å²) in [5.74, 6) is 1.77. The van der Waals surface area contributed by atoms with Gasteiger partial charge in [-0.3, -0.25) is 4.79 Å². The topological polar surface area (TPSA) is 82.2 Å². The van der Waals surface area contributed by atoms with Crippen LogP contribution in [0.5, 0.6) is 0 Å². The van der Waals surface area contributed by atoms with E-state index in [0.717, 1.165) is 43.4 Å². The molecule has 0 spiro atoms. The van der Waals surface area contributed by atoms with Crippen LogP contribution in [0, 0.1) is 0 Å². The zero-order chi connectivity index (χ0) is 18.4. The Morgan fingerprint density at radius 3 is 2.81 bits per heavy atom. The number of amides is 1. The van der Waals surface area contributed by atoms with E-state index in [1.165, 1.54) is 18.9 Å². The Labute approximate surface area is 154 Å². The number of anilines is 3. The minimum absolute atomic E-state index is 0.0525. The lowest BCUT2D eigenvalue weighted by Gasteiger charge is -2.26. The van der Waals surface area contributed by atoms with Gasteiger partial charge in [0.15, 0.2) is 0 Å². The molecular formula is C19H26N6O. The van der Waals surface area contributed by atoms with Gasteiger partial charge in [-0.2, -0.15) is 0 Å². The molecule has 1 aliphatic rings. The maximum absolute atomic E-state index is 11.1. The summed E-state index contributed by atoms with van der Waals surface area (Å²) in [7, 11) is 1.87. The summed E-state index contributed by atoms with van der Waals surface area (Å²) >= 11 is 0. The van der Waals surface area contributed by atoms with Gasteiger partial charge >= 0.3 is 0 Å².